The minimum atomic E-state index is -1.34. The molecular weight excluding hydrogens is 229 g/mol. The summed E-state index contributed by atoms with van der Waals surface area (Å²) in [5.41, 5.74) is -2.02. The second-order valence-electron chi connectivity index (χ2n) is 4.12. The SMILES string of the molecule is CC(C)N(C)CCn1c(O)c(F)c(=O)[nH]c1=O. The summed E-state index contributed by atoms with van der Waals surface area (Å²) in [6.07, 6.45) is 0. The highest BCUT2D eigenvalue weighted by atomic mass is 19.1. The second-order valence-corrected chi connectivity index (χ2v) is 4.12. The largest absolute Gasteiger partial charge is 0.492 e. The van der Waals surface area contributed by atoms with Crippen LogP contribution in [0, 0.1) is 5.82 Å². The van der Waals surface area contributed by atoms with Crippen LogP contribution in [0.15, 0.2) is 9.59 Å². The summed E-state index contributed by atoms with van der Waals surface area (Å²) in [6, 6.07) is 0.264. The molecule has 2 N–H and O–H groups in total. The van der Waals surface area contributed by atoms with Gasteiger partial charge in [0, 0.05) is 19.1 Å². The maximum absolute atomic E-state index is 13.1. The van der Waals surface area contributed by atoms with Gasteiger partial charge in [0.1, 0.15) is 0 Å². The minimum absolute atomic E-state index is 0.104. The molecule has 7 heteroatoms. The summed E-state index contributed by atoms with van der Waals surface area (Å²) in [4.78, 5) is 25.9. The Kier molecular flexibility index (Phi) is 4.06. The number of aromatic amines is 1. The summed E-state index contributed by atoms with van der Waals surface area (Å²) >= 11 is 0. The Morgan fingerprint density at radius 1 is 1.47 bits per heavy atom. The number of hydrogen-bond acceptors (Lipinski definition) is 4. The second kappa shape index (κ2) is 5.13. The van der Waals surface area contributed by atoms with Crippen molar-refractivity contribution in [1.29, 1.82) is 0 Å². The average Bonchev–Trinajstić information content (AvgIpc) is 2.25. The first kappa shape index (κ1) is 13.4. The Morgan fingerprint density at radius 2 is 2.06 bits per heavy atom. The zero-order chi connectivity index (χ0) is 13.2. The first-order chi connectivity index (χ1) is 7.84. The van der Waals surface area contributed by atoms with Crippen LogP contribution in [0.4, 0.5) is 4.39 Å². The number of rotatable bonds is 4. The quantitative estimate of drug-likeness (QED) is 0.765. The van der Waals surface area contributed by atoms with Crippen molar-refractivity contribution in [1.82, 2.24) is 14.5 Å². The van der Waals surface area contributed by atoms with Gasteiger partial charge in [0.05, 0.1) is 0 Å². The van der Waals surface area contributed by atoms with Crippen LogP contribution in [-0.2, 0) is 6.54 Å². The van der Waals surface area contributed by atoms with Crippen molar-refractivity contribution in [2.24, 2.45) is 0 Å². The number of nitrogens with one attached hydrogen (secondary N) is 1. The average molecular weight is 245 g/mol. The Morgan fingerprint density at radius 3 is 2.59 bits per heavy atom. The van der Waals surface area contributed by atoms with Crippen LogP contribution in [0.2, 0.25) is 0 Å². The zero-order valence-electron chi connectivity index (χ0n) is 10.0. The van der Waals surface area contributed by atoms with Crippen LogP contribution < -0.4 is 11.2 Å². The Balaban J connectivity index is 2.97. The van der Waals surface area contributed by atoms with E-state index in [4.69, 9.17) is 0 Å². The predicted octanol–water partition coefficient (Wildman–Crippen LogP) is -0.278. The number of aromatic hydroxyl groups is 1. The molecule has 0 saturated carbocycles. The van der Waals surface area contributed by atoms with E-state index < -0.39 is 22.9 Å². The van der Waals surface area contributed by atoms with Gasteiger partial charge in [0.15, 0.2) is 0 Å². The molecular formula is C10H16FN3O3. The van der Waals surface area contributed by atoms with Crippen molar-refractivity contribution in [2.45, 2.75) is 26.4 Å². The van der Waals surface area contributed by atoms with Crippen LogP contribution in [-0.4, -0.2) is 39.2 Å². The molecule has 0 saturated heterocycles. The molecule has 1 heterocycles. The summed E-state index contributed by atoms with van der Waals surface area (Å²) in [5, 5.41) is 9.36. The van der Waals surface area contributed by atoms with Crippen molar-refractivity contribution in [2.75, 3.05) is 13.6 Å². The molecule has 0 bridgehead atoms. The molecule has 0 aliphatic rings. The van der Waals surface area contributed by atoms with Gasteiger partial charge in [-0.25, -0.2) is 4.79 Å². The number of hydrogen-bond donors (Lipinski definition) is 2. The van der Waals surface area contributed by atoms with Gasteiger partial charge in [-0.15, -0.1) is 0 Å². The lowest BCUT2D eigenvalue weighted by Crippen LogP contribution is -2.36. The van der Waals surface area contributed by atoms with Gasteiger partial charge >= 0.3 is 5.69 Å². The molecule has 0 fully saturated rings. The third-order valence-corrected chi connectivity index (χ3v) is 2.67. The zero-order valence-corrected chi connectivity index (χ0v) is 10.0. The summed E-state index contributed by atoms with van der Waals surface area (Å²) in [6.45, 7) is 4.50. The maximum Gasteiger partial charge on any atom is 0.331 e. The van der Waals surface area contributed by atoms with Gasteiger partial charge in [-0.3, -0.25) is 14.3 Å². The third-order valence-electron chi connectivity index (χ3n) is 2.67. The molecule has 0 unspecified atom stereocenters. The molecule has 0 aromatic carbocycles. The van der Waals surface area contributed by atoms with Gasteiger partial charge in [0.2, 0.25) is 11.7 Å². The van der Waals surface area contributed by atoms with Crippen molar-refractivity contribution in [3.8, 4) is 5.88 Å². The van der Waals surface area contributed by atoms with Gasteiger partial charge in [-0.1, -0.05) is 0 Å². The van der Waals surface area contributed by atoms with E-state index in [9.17, 15) is 19.1 Å². The number of nitrogens with zero attached hydrogens (tertiary/aromatic N) is 2. The normalized spacial score (nSPS) is 11.4. The molecule has 0 amide bonds. The summed E-state index contributed by atoms with van der Waals surface area (Å²) in [7, 11) is 1.84. The molecule has 6 nitrogen and oxygen atoms in total. The number of aromatic nitrogens is 2. The molecule has 0 atom stereocenters. The highest BCUT2D eigenvalue weighted by molar-refractivity contribution is 5.09. The van der Waals surface area contributed by atoms with Gasteiger partial charge in [-0.05, 0) is 20.9 Å². The molecule has 0 radical (unpaired) electrons. The van der Waals surface area contributed by atoms with Crippen molar-refractivity contribution < 1.29 is 9.50 Å². The van der Waals surface area contributed by atoms with Crippen LogP contribution in [0.25, 0.3) is 0 Å². The summed E-state index contributed by atoms with van der Waals surface area (Å²) < 4.78 is 13.9. The molecule has 1 aromatic heterocycles. The van der Waals surface area contributed by atoms with Crippen LogP contribution in [0.3, 0.4) is 0 Å². The van der Waals surface area contributed by atoms with E-state index in [-0.39, 0.29) is 12.6 Å². The first-order valence-corrected chi connectivity index (χ1v) is 5.26. The first-order valence-electron chi connectivity index (χ1n) is 5.26. The van der Waals surface area contributed by atoms with Crippen LogP contribution in [0.5, 0.6) is 5.88 Å². The van der Waals surface area contributed by atoms with Gasteiger partial charge < -0.3 is 10.0 Å². The predicted molar refractivity (Wildman–Crippen MR) is 60.7 cm³/mol. The molecule has 0 aliphatic heterocycles. The topological polar surface area (TPSA) is 78.3 Å². The molecule has 1 aromatic rings. The molecule has 0 aliphatic carbocycles. The van der Waals surface area contributed by atoms with Gasteiger partial charge in [0.25, 0.3) is 5.56 Å². The van der Waals surface area contributed by atoms with E-state index in [0.717, 1.165) is 4.57 Å². The summed E-state index contributed by atoms with van der Waals surface area (Å²) in [5.74, 6) is -2.26. The van der Waals surface area contributed by atoms with E-state index in [2.05, 4.69) is 0 Å². The molecule has 96 valence electrons. The minimum Gasteiger partial charge on any atom is -0.492 e. The lowest BCUT2D eigenvalue weighted by molar-refractivity contribution is 0.251. The third kappa shape index (κ3) is 2.94. The van der Waals surface area contributed by atoms with E-state index >= 15 is 0 Å². The van der Waals surface area contributed by atoms with E-state index in [1.54, 1.807) is 4.98 Å². The fourth-order valence-electron chi connectivity index (χ4n) is 1.26. The van der Waals surface area contributed by atoms with Crippen LogP contribution >= 0.6 is 0 Å². The molecule has 1 rings (SSSR count). The van der Waals surface area contributed by atoms with E-state index in [1.165, 1.54) is 0 Å². The molecule has 17 heavy (non-hydrogen) atoms. The maximum atomic E-state index is 13.1. The standard InChI is InChI=1S/C10H16FN3O3/c1-6(2)13(3)4-5-14-9(16)7(11)8(15)12-10(14)17/h6,16H,4-5H2,1-3H3,(H,12,15,17). The Labute approximate surface area is 97.3 Å². The number of halogens is 1. The Bertz CT molecular complexity index is 506. The van der Waals surface area contributed by atoms with Crippen molar-refractivity contribution in [3.63, 3.8) is 0 Å². The number of likely N-dealkylation sites (N-methyl/N-ethyl adjacent to an activating group) is 1. The highest BCUT2D eigenvalue weighted by Gasteiger charge is 2.14. The number of H-pyrrole nitrogens is 1. The van der Waals surface area contributed by atoms with Crippen LogP contribution in [0.1, 0.15) is 13.8 Å². The monoisotopic (exact) mass is 245 g/mol. The smallest absolute Gasteiger partial charge is 0.331 e. The van der Waals surface area contributed by atoms with Crippen molar-refractivity contribution >= 4 is 0 Å². The highest BCUT2D eigenvalue weighted by Crippen LogP contribution is 2.07. The fraction of sp³-hybridized carbons (Fsp3) is 0.600. The lowest BCUT2D eigenvalue weighted by Gasteiger charge is -2.21. The van der Waals surface area contributed by atoms with E-state index in [0.29, 0.717) is 6.54 Å². The van der Waals surface area contributed by atoms with E-state index in [1.807, 2.05) is 25.8 Å². The van der Waals surface area contributed by atoms with Crippen molar-refractivity contribution in [3.05, 3.63) is 26.7 Å². The van der Waals surface area contributed by atoms with Gasteiger partial charge in [-0.2, -0.15) is 4.39 Å². The Hall–Kier alpha value is -1.63. The molecule has 0 spiro atoms. The fourth-order valence-corrected chi connectivity index (χ4v) is 1.26. The lowest BCUT2D eigenvalue weighted by atomic mass is 10.3.